The predicted octanol–water partition coefficient (Wildman–Crippen LogP) is 5.98. The van der Waals surface area contributed by atoms with E-state index in [4.69, 9.17) is 26.4 Å². The number of carboxylic acid groups (broad SMARTS) is 1. The summed E-state index contributed by atoms with van der Waals surface area (Å²) in [5.41, 5.74) is 0.143. The summed E-state index contributed by atoms with van der Waals surface area (Å²) in [5, 5.41) is 13.4. The van der Waals surface area contributed by atoms with Gasteiger partial charge in [-0.25, -0.2) is 15.2 Å². The minimum atomic E-state index is -5.06. The number of nitrogens with one attached hydrogen (secondary N) is 2. The van der Waals surface area contributed by atoms with Crippen LogP contribution in [0, 0.1) is 0 Å². The molecule has 0 unspecified atom stereocenters. The van der Waals surface area contributed by atoms with E-state index < -0.39 is 47.8 Å². The summed E-state index contributed by atoms with van der Waals surface area (Å²) in [6.45, 7) is 4.52. The highest BCUT2D eigenvalue weighted by molar-refractivity contribution is 8.26. The zero-order chi connectivity index (χ0) is 40.9. The van der Waals surface area contributed by atoms with Gasteiger partial charge in [0.2, 0.25) is 5.91 Å². The van der Waals surface area contributed by atoms with Crippen LogP contribution >= 0.6 is 24.0 Å². The summed E-state index contributed by atoms with van der Waals surface area (Å²) in [6, 6.07) is 9.79. The van der Waals surface area contributed by atoms with Crippen molar-refractivity contribution in [3.8, 4) is 16.9 Å². The molecule has 3 saturated heterocycles. The third-order valence-electron chi connectivity index (χ3n) is 9.04. The first-order valence-electron chi connectivity index (χ1n) is 17.4. The number of benzene rings is 3. The number of rotatable bonds is 12. The van der Waals surface area contributed by atoms with Crippen LogP contribution in [0.5, 0.6) is 5.75 Å². The van der Waals surface area contributed by atoms with Gasteiger partial charge in [0.1, 0.15) is 12.4 Å². The van der Waals surface area contributed by atoms with Crippen molar-refractivity contribution in [3.63, 3.8) is 0 Å². The maximum absolute atomic E-state index is 13.7. The van der Waals surface area contributed by atoms with E-state index in [2.05, 4.69) is 15.6 Å². The second-order valence-electron chi connectivity index (χ2n) is 12.9. The van der Waals surface area contributed by atoms with Crippen LogP contribution < -0.4 is 20.4 Å². The lowest BCUT2D eigenvalue weighted by atomic mass is 9.97. The second kappa shape index (κ2) is 17.8. The van der Waals surface area contributed by atoms with Crippen LogP contribution in [0.1, 0.15) is 27.0 Å². The average molecular weight is 840 g/mol. The van der Waals surface area contributed by atoms with Crippen molar-refractivity contribution in [2.75, 3.05) is 82.5 Å². The number of hydrogen-bond acceptors (Lipinski definition) is 11. The number of carbonyl (C=O) groups excluding carboxylic acids is 2. The molecule has 3 aliphatic heterocycles. The maximum atomic E-state index is 13.7. The molecule has 2 amide bonds. The summed E-state index contributed by atoms with van der Waals surface area (Å²) >= 11 is 6.23. The van der Waals surface area contributed by atoms with E-state index in [-0.39, 0.29) is 55.6 Å². The summed E-state index contributed by atoms with van der Waals surface area (Å²) in [4.78, 5) is 42.5. The third-order valence-corrected chi connectivity index (χ3v) is 10.3. The molecule has 12 nitrogen and oxygen atoms in total. The van der Waals surface area contributed by atoms with Gasteiger partial charge in [-0.05, 0) is 65.7 Å². The SMILES string of the molecule is O=C(CNN1C(=O)C(=Cc2cc(-c3cc(C(F)(F)F)cc(C(F)(F)F)c3)ccc2OCCN2CCOCC2)SC1=S)Nc1ccc(N2CCOCC2)c(C(=O)O)c1. The Hall–Kier alpha value is -4.73. The number of anilines is 2. The Balaban J connectivity index is 1.21. The summed E-state index contributed by atoms with van der Waals surface area (Å²) in [6.07, 6.45) is -8.76. The van der Waals surface area contributed by atoms with Crippen LogP contribution in [0.4, 0.5) is 37.7 Å². The van der Waals surface area contributed by atoms with Crippen LogP contribution in [-0.4, -0.2) is 109 Å². The van der Waals surface area contributed by atoms with Crippen molar-refractivity contribution in [2.45, 2.75) is 12.4 Å². The number of carboxylic acids is 1. The lowest BCUT2D eigenvalue weighted by Crippen LogP contribution is -2.45. The van der Waals surface area contributed by atoms with Gasteiger partial charge in [0.05, 0.1) is 60.3 Å². The number of hydrogen-bond donors (Lipinski definition) is 3. The Bertz CT molecular complexity index is 2020. The second-order valence-corrected chi connectivity index (χ2v) is 14.6. The Morgan fingerprint density at radius 3 is 2.16 bits per heavy atom. The molecule has 6 rings (SSSR count). The van der Waals surface area contributed by atoms with Gasteiger partial charge in [0.25, 0.3) is 5.91 Å². The first-order valence-corrected chi connectivity index (χ1v) is 18.7. The van der Waals surface area contributed by atoms with Gasteiger partial charge in [-0.2, -0.15) is 26.3 Å². The van der Waals surface area contributed by atoms with Crippen molar-refractivity contribution >= 4 is 63.5 Å². The zero-order valence-corrected chi connectivity index (χ0v) is 31.5. The van der Waals surface area contributed by atoms with Gasteiger partial charge in [-0.1, -0.05) is 30.0 Å². The molecule has 3 N–H and O–H groups in total. The number of morpholine rings is 2. The number of aromatic carboxylic acids is 1. The molecule has 57 heavy (non-hydrogen) atoms. The van der Waals surface area contributed by atoms with Crippen LogP contribution in [0.2, 0.25) is 0 Å². The van der Waals surface area contributed by atoms with E-state index in [0.717, 1.165) is 16.8 Å². The molecule has 3 aromatic carbocycles. The van der Waals surface area contributed by atoms with Crippen LogP contribution in [0.3, 0.4) is 0 Å². The Labute approximate surface area is 331 Å². The van der Waals surface area contributed by atoms with Crippen LogP contribution in [0.15, 0.2) is 59.5 Å². The van der Waals surface area contributed by atoms with Gasteiger partial charge in [0, 0.05) is 44.0 Å². The first-order chi connectivity index (χ1) is 27.1. The van der Waals surface area contributed by atoms with Crippen molar-refractivity contribution < 1.29 is 60.0 Å². The minimum Gasteiger partial charge on any atom is -0.492 e. The quantitative estimate of drug-likeness (QED) is 0.113. The topological polar surface area (TPSA) is 133 Å². The number of ether oxygens (including phenoxy) is 3. The molecule has 0 radical (unpaired) electrons. The molecule has 0 spiro atoms. The third kappa shape index (κ3) is 10.6. The Morgan fingerprint density at radius 2 is 1.53 bits per heavy atom. The lowest BCUT2D eigenvalue weighted by molar-refractivity contribution is -0.143. The fourth-order valence-corrected chi connectivity index (χ4v) is 7.38. The standard InChI is InChI=1S/C37H35F6N5O7S2/c38-36(39,40)25-16-23(17-26(19-25)37(41,42)43)22-1-4-30(55-14-7-46-5-10-53-11-6-46)24(15-22)18-31-33(50)48(35(56)57-31)44-21-32(49)45-27-2-3-29(28(20-27)34(51)52)47-8-12-54-13-9-47/h1-4,15-20,44H,5-14,21H2,(H,45,49)(H,51,52). The highest BCUT2D eigenvalue weighted by Crippen LogP contribution is 2.40. The van der Waals surface area contributed by atoms with Crippen molar-refractivity contribution in [1.29, 1.82) is 0 Å². The van der Waals surface area contributed by atoms with E-state index in [1.807, 2.05) is 4.90 Å². The Kier molecular flexibility index (Phi) is 13.1. The van der Waals surface area contributed by atoms with Crippen molar-refractivity contribution in [2.24, 2.45) is 0 Å². The molecule has 0 saturated carbocycles. The number of halogens is 6. The summed E-state index contributed by atoms with van der Waals surface area (Å²) in [5.74, 6) is -2.31. The molecule has 3 fully saturated rings. The monoisotopic (exact) mass is 839 g/mol. The zero-order valence-electron chi connectivity index (χ0n) is 29.9. The fraction of sp³-hybridized carbons (Fsp3) is 0.351. The fourth-order valence-electron chi connectivity index (χ4n) is 6.17. The molecule has 3 aromatic rings. The molecule has 0 aliphatic carbocycles. The number of nitrogens with zero attached hydrogens (tertiary/aromatic N) is 3. The average Bonchev–Trinajstić information content (AvgIpc) is 3.44. The summed E-state index contributed by atoms with van der Waals surface area (Å²) in [7, 11) is 0. The number of thioether (sulfide) groups is 1. The van der Waals surface area contributed by atoms with E-state index >= 15 is 0 Å². The van der Waals surface area contributed by atoms with E-state index in [1.165, 1.54) is 30.3 Å². The van der Waals surface area contributed by atoms with E-state index in [0.29, 0.717) is 77.0 Å². The van der Waals surface area contributed by atoms with Gasteiger partial charge in [-0.15, -0.1) is 0 Å². The molecular formula is C37H35F6N5O7S2. The number of thiocarbonyl (C=S) groups is 1. The highest BCUT2D eigenvalue weighted by atomic mass is 32.2. The molecule has 20 heteroatoms. The number of alkyl halides is 6. The number of amides is 2. The predicted molar refractivity (Wildman–Crippen MR) is 203 cm³/mol. The first kappa shape index (κ1) is 41.9. The Morgan fingerprint density at radius 1 is 0.877 bits per heavy atom. The molecule has 0 atom stereocenters. The summed E-state index contributed by atoms with van der Waals surface area (Å²) < 4.78 is 98.9. The number of carbonyl (C=O) groups is 3. The van der Waals surface area contributed by atoms with E-state index in [9.17, 15) is 45.8 Å². The van der Waals surface area contributed by atoms with Crippen molar-refractivity contribution in [1.82, 2.24) is 15.3 Å². The van der Waals surface area contributed by atoms with Gasteiger partial charge < -0.3 is 29.5 Å². The molecule has 3 aliphatic rings. The molecule has 0 bridgehead atoms. The van der Waals surface area contributed by atoms with Gasteiger partial charge >= 0.3 is 18.3 Å². The molecule has 304 valence electrons. The van der Waals surface area contributed by atoms with Crippen LogP contribution in [0.25, 0.3) is 17.2 Å². The molecule has 3 heterocycles. The number of hydrazine groups is 1. The minimum absolute atomic E-state index is 0.000662. The van der Waals surface area contributed by atoms with Gasteiger partial charge in [0.15, 0.2) is 4.32 Å². The highest BCUT2D eigenvalue weighted by Gasteiger charge is 2.37. The van der Waals surface area contributed by atoms with E-state index in [1.54, 1.807) is 12.1 Å². The van der Waals surface area contributed by atoms with Crippen molar-refractivity contribution in [3.05, 3.63) is 81.8 Å². The lowest BCUT2D eigenvalue weighted by Gasteiger charge is -2.30. The maximum Gasteiger partial charge on any atom is 0.416 e. The normalized spacial score (nSPS) is 17.7. The smallest absolute Gasteiger partial charge is 0.416 e. The van der Waals surface area contributed by atoms with Gasteiger partial charge in [-0.3, -0.25) is 14.5 Å². The molecular weight excluding hydrogens is 805 g/mol. The largest absolute Gasteiger partial charge is 0.492 e. The van der Waals surface area contributed by atoms with Crippen LogP contribution in [-0.2, 0) is 31.4 Å². The molecule has 0 aromatic heterocycles.